The fourth-order valence-corrected chi connectivity index (χ4v) is 4.97. The Balaban J connectivity index is 1.86. The van der Waals surface area contributed by atoms with Gasteiger partial charge >= 0.3 is 0 Å². The first-order valence-corrected chi connectivity index (χ1v) is 8.60. The van der Waals surface area contributed by atoms with Crippen molar-refractivity contribution in [2.24, 2.45) is 11.8 Å². The highest BCUT2D eigenvalue weighted by Gasteiger charge is 2.35. The lowest BCUT2D eigenvalue weighted by molar-refractivity contribution is 0.319. The highest BCUT2D eigenvalue weighted by Crippen LogP contribution is 2.49. The summed E-state index contributed by atoms with van der Waals surface area (Å²) in [7, 11) is 2.08. The third-order valence-corrected chi connectivity index (χ3v) is 6.00. The molecule has 0 aliphatic heterocycles. The maximum absolute atomic E-state index is 3.40. The molecule has 0 saturated heterocycles. The van der Waals surface area contributed by atoms with Crippen LogP contribution in [0.1, 0.15) is 31.2 Å². The average Bonchev–Trinajstić information content (AvgIpc) is 2.96. The van der Waals surface area contributed by atoms with Crippen molar-refractivity contribution in [2.75, 3.05) is 13.6 Å². The number of hydrogen-bond donors (Lipinski definition) is 1. The second kappa shape index (κ2) is 5.01. The van der Waals surface area contributed by atoms with Gasteiger partial charge in [-0.1, -0.05) is 6.07 Å². The molecule has 3 aliphatic rings. The van der Waals surface area contributed by atoms with Gasteiger partial charge in [0, 0.05) is 11.2 Å². The zero-order valence-corrected chi connectivity index (χ0v) is 12.8. The van der Waals surface area contributed by atoms with Gasteiger partial charge in [-0.15, -0.1) is 11.3 Å². The zero-order chi connectivity index (χ0) is 13.5. The van der Waals surface area contributed by atoms with Crippen molar-refractivity contribution >= 4 is 27.0 Å². The van der Waals surface area contributed by atoms with Crippen LogP contribution in [-0.2, 0) is 0 Å². The second-order valence-electron chi connectivity index (χ2n) is 6.19. The van der Waals surface area contributed by atoms with Crippen molar-refractivity contribution in [1.29, 1.82) is 0 Å². The van der Waals surface area contributed by atoms with Crippen molar-refractivity contribution in [2.45, 2.75) is 25.7 Å². The van der Waals surface area contributed by atoms with Crippen LogP contribution < -0.4 is 5.32 Å². The monoisotopic (exact) mass is 283 g/mol. The fourth-order valence-electron chi connectivity index (χ4n) is 4.20. The summed E-state index contributed by atoms with van der Waals surface area (Å²) in [5.41, 5.74) is 4.86. The van der Waals surface area contributed by atoms with Gasteiger partial charge in [0.05, 0.1) is 0 Å². The smallest absolute Gasteiger partial charge is 0.0343 e. The Morgan fingerprint density at radius 1 is 1.10 bits per heavy atom. The lowest BCUT2D eigenvalue weighted by Gasteiger charge is -2.40. The minimum absolute atomic E-state index is 0.805. The molecule has 104 valence electrons. The normalized spacial score (nSPS) is 25.6. The summed E-state index contributed by atoms with van der Waals surface area (Å²) in [6.45, 7) is 1.07. The fraction of sp³-hybridized carbons (Fsp3) is 0.444. The van der Waals surface area contributed by atoms with Crippen LogP contribution in [0.15, 0.2) is 35.2 Å². The van der Waals surface area contributed by atoms with E-state index in [2.05, 4.69) is 42.0 Å². The Bertz CT molecular complexity index is 659. The van der Waals surface area contributed by atoms with Crippen molar-refractivity contribution in [1.82, 2.24) is 5.32 Å². The molecule has 0 spiro atoms. The number of thiophene rings is 1. The van der Waals surface area contributed by atoms with Gasteiger partial charge in [0.25, 0.3) is 0 Å². The van der Waals surface area contributed by atoms with Gasteiger partial charge in [-0.3, -0.25) is 0 Å². The molecule has 1 heterocycles. The third-order valence-electron chi connectivity index (χ3n) is 5.10. The number of rotatable bonds is 3. The van der Waals surface area contributed by atoms with Crippen LogP contribution in [0.5, 0.6) is 0 Å². The molecule has 2 aromatic rings. The topological polar surface area (TPSA) is 12.0 Å². The standard InChI is InChI=1S/C18H21NS/c1-19-11-16-12-2-4-13(5-3-12)18(16)15-6-7-17-14(10-15)8-9-20-17/h6-10,12-13,19H,2-5,11H2,1H3. The minimum atomic E-state index is 0.805. The first-order valence-electron chi connectivity index (χ1n) is 7.72. The Labute approximate surface area is 124 Å². The van der Waals surface area contributed by atoms with Crippen LogP contribution in [0.2, 0.25) is 0 Å². The van der Waals surface area contributed by atoms with Crippen LogP contribution in [0.4, 0.5) is 0 Å². The maximum Gasteiger partial charge on any atom is 0.0343 e. The van der Waals surface area contributed by atoms with Gasteiger partial charge in [0.1, 0.15) is 0 Å². The van der Waals surface area contributed by atoms with E-state index in [1.165, 1.54) is 41.3 Å². The van der Waals surface area contributed by atoms with Gasteiger partial charge in [-0.25, -0.2) is 0 Å². The Morgan fingerprint density at radius 3 is 2.70 bits per heavy atom. The molecule has 0 amide bonds. The van der Waals surface area contributed by atoms with Crippen LogP contribution in [-0.4, -0.2) is 13.6 Å². The van der Waals surface area contributed by atoms with E-state index in [9.17, 15) is 0 Å². The molecule has 0 radical (unpaired) electrons. The molecule has 1 nitrogen and oxygen atoms in total. The zero-order valence-electron chi connectivity index (χ0n) is 12.0. The third kappa shape index (κ3) is 1.94. The molecule has 20 heavy (non-hydrogen) atoms. The number of fused-ring (bicyclic) bond motifs is 3. The van der Waals surface area contributed by atoms with E-state index >= 15 is 0 Å². The van der Waals surface area contributed by atoms with E-state index in [0.717, 1.165) is 18.4 Å². The number of hydrogen-bond acceptors (Lipinski definition) is 2. The Hall–Kier alpha value is -1.12. The van der Waals surface area contributed by atoms with Crippen molar-refractivity contribution in [3.05, 3.63) is 40.8 Å². The SMILES string of the molecule is CNCC1=C(c2ccc3sccc3c2)C2CCC1CC2. The van der Waals surface area contributed by atoms with Gasteiger partial charge in [-0.05, 0) is 90.2 Å². The van der Waals surface area contributed by atoms with E-state index in [-0.39, 0.29) is 0 Å². The summed E-state index contributed by atoms with van der Waals surface area (Å²) in [6.07, 6.45) is 5.61. The van der Waals surface area contributed by atoms with Gasteiger partial charge in [0.2, 0.25) is 0 Å². The average molecular weight is 283 g/mol. The Morgan fingerprint density at radius 2 is 1.90 bits per heavy atom. The highest BCUT2D eigenvalue weighted by molar-refractivity contribution is 7.17. The predicted molar refractivity (Wildman–Crippen MR) is 88.1 cm³/mol. The molecule has 2 bridgehead atoms. The van der Waals surface area contributed by atoms with Crippen molar-refractivity contribution in [3.63, 3.8) is 0 Å². The highest BCUT2D eigenvalue weighted by atomic mass is 32.1. The molecular formula is C18H21NS. The van der Waals surface area contributed by atoms with E-state index < -0.39 is 0 Å². The largest absolute Gasteiger partial charge is 0.316 e. The number of benzene rings is 1. The maximum atomic E-state index is 3.40. The molecule has 1 fully saturated rings. The van der Waals surface area contributed by atoms with E-state index in [4.69, 9.17) is 0 Å². The quantitative estimate of drug-likeness (QED) is 0.861. The summed E-state index contributed by atoms with van der Waals surface area (Å²) in [5.74, 6) is 1.64. The summed E-state index contributed by atoms with van der Waals surface area (Å²) >= 11 is 1.84. The van der Waals surface area contributed by atoms with Gasteiger partial charge in [-0.2, -0.15) is 0 Å². The lowest BCUT2D eigenvalue weighted by atomic mass is 9.65. The molecule has 5 rings (SSSR count). The minimum Gasteiger partial charge on any atom is -0.316 e. The molecular weight excluding hydrogens is 262 g/mol. The van der Waals surface area contributed by atoms with Crippen molar-refractivity contribution < 1.29 is 0 Å². The molecule has 1 aromatic heterocycles. The van der Waals surface area contributed by atoms with Gasteiger partial charge < -0.3 is 5.32 Å². The van der Waals surface area contributed by atoms with Crippen LogP contribution in [0, 0.1) is 11.8 Å². The second-order valence-corrected chi connectivity index (χ2v) is 7.14. The molecule has 1 aromatic carbocycles. The number of allylic oxidation sites excluding steroid dienone is 1. The molecule has 2 heteroatoms. The predicted octanol–water partition coefficient (Wildman–Crippen LogP) is 4.69. The van der Waals surface area contributed by atoms with Crippen LogP contribution in [0.25, 0.3) is 15.7 Å². The summed E-state index contributed by atoms with van der Waals surface area (Å²) in [4.78, 5) is 0. The van der Waals surface area contributed by atoms with Crippen LogP contribution in [0.3, 0.4) is 0 Å². The molecule has 3 aliphatic carbocycles. The summed E-state index contributed by atoms with van der Waals surface area (Å²) in [5, 5.41) is 7.00. The first-order chi connectivity index (χ1) is 9.86. The molecule has 0 unspecified atom stereocenters. The number of likely N-dealkylation sites (N-methyl/N-ethyl adjacent to an activating group) is 1. The van der Waals surface area contributed by atoms with Crippen molar-refractivity contribution in [3.8, 4) is 0 Å². The molecule has 1 N–H and O–H groups in total. The first kappa shape index (κ1) is 12.6. The molecule has 0 atom stereocenters. The van der Waals surface area contributed by atoms with Crippen LogP contribution >= 0.6 is 11.3 Å². The Kier molecular flexibility index (Phi) is 3.16. The summed E-state index contributed by atoms with van der Waals surface area (Å²) < 4.78 is 1.41. The lowest BCUT2D eigenvalue weighted by Crippen LogP contribution is -2.30. The van der Waals surface area contributed by atoms with E-state index in [0.29, 0.717) is 0 Å². The van der Waals surface area contributed by atoms with E-state index in [1.54, 1.807) is 11.1 Å². The summed E-state index contributed by atoms with van der Waals surface area (Å²) in [6, 6.07) is 9.33. The molecule has 1 saturated carbocycles. The number of nitrogens with one attached hydrogen (secondary N) is 1. The van der Waals surface area contributed by atoms with Gasteiger partial charge in [0.15, 0.2) is 0 Å². The van der Waals surface area contributed by atoms with E-state index in [1.807, 2.05) is 11.3 Å².